The highest BCUT2D eigenvalue weighted by molar-refractivity contribution is 5.90. The second-order valence-corrected chi connectivity index (χ2v) is 6.61. The molecule has 1 N–H and O–H groups in total. The number of nitrogens with one attached hydrogen (secondary N) is 1. The van der Waals surface area contributed by atoms with Crippen molar-refractivity contribution in [1.82, 2.24) is 14.7 Å². The van der Waals surface area contributed by atoms with Crippen LogP contribution in [0.5, 0.6) is 0 Å². The van der Waals surface area contributed by atoms with Gasteiger partial charge in [-0.3, -0.25) is 4.79 Å². The van der Waals surface area contributed by atoms with E-state index >= 15 is 0 Å². The lowest BCUT2D eigenvalue weighted by Gasteiger charge is -2.34. The van der Waals surface area contributed by atoms with E-state index in [4.69, 9.17) is 4.74 Å². The summed E-state index contributed by atoms with van der Waals surface area (Å²) < 4.78 is 6.83. The minimum atomic E-state index is -0.584. The lowest BCUT2D eigenvalue weighted by atomic mass is 9.78. The third-order valence-electron chi connectivity index (χ3n) is 4.96. The van der Waals surface area contributed by atoms with E-state index in [9.17, 15) is 9.59 Å². The predicted molar refractivity (Wildman–Crippen MR) is 89.6 cm³/mol. The molecular weight excluding hydrogens is 306 g/mol. The van der Waals surface area contributed by atoms with E-state index in [1.807, 2.05) is 12.1 Å². The lowest BCUT2D eigenvalue weighted by molar-refractivity contribution is -0.125. The van der Waals surface area contributed by atoms with Crippen LogP contribution in [0.25, 0.3) is 5.65 Å². The van der Waals surface area contributed by atoms with Crippen LogP contribution in [-0.4, -0.2) is 33.9 Å². The van der Waals surface area contributed by atoms with E-state index in [1.165, 1.54) is 6.42 Å². The Morgan fingerprint density at radius 1 is 1.33 bits per heavy atom. The second kappa shape index (κ2) is 7.03. The summed E-state index contributed by atoms with van der Waals surface area (Å²) in [5.41, 5.74) is 0.868. The van der Waals surface area contributed by atoms with Gasteiger partial charge in [0.2, 0.25) is 0 Å². The maximum absolute atomic E-state index is 12.1. The van der Waals surface area contributed by atoms with Crippen LogP contribution in [0.15, 0.2) is 30.6 Å². The van der Waals surface area contributed by atoms with Gasteiger partial charge in [0.25, 0.3) is 5.91 Å². The van der Waals surface area contributed by atoms with Crippen molar-refractivity contribution < 1.29 is 14.3 Å². The molecule has 0 unspecified atom stereocenters. The summed E-state index contributed by atoms with van der Waals surface area (Å²) in [4.78, 5) is 28.3. The maximum atomic E-state index is 12.1. The number of carbonyl (C=O) groups is 2. The first kappa shape index (κ1) is 16.5. The highest BCUT2D eigenvalue weighted by Crippen LogP contribution is 2.29. The van der Waals surface area contributed by atoms with Gasteiger partial charge < -0.3 is 14.5 Å². The van der Waals surface area contributed by atoms with E-state index in [2.05, 4.69) is 24.1 Å². The Balaban J connectivity index is 1.53. The number of rotatable bonds is 4. The molecule has 1 amide bonds. The molecule has 1 fully saturated rings. The zero-order chi connectivity index (χ0) is 17.1. The molecule has 0 bridgehead atoms. The van der Waals surface area contributed by atoms with Gasteiger partial charge >= 0.3 is 5.97 Å². The van der Waals surface area contributed by atoms with Gasteiger partial charge in [-0.05, 0) is 30.4 Å². The van der Waals surface area contributed by atoms with Gasteiger partial charge in [0, 0.05) is 18.4 Å². The molecule has 128 valence electrons. The summed E-state index contributed by atoms with van der Waals surface area (Å²) in [7, 11) is 0. The number of imidazole rings is 1. The summed E-state index contributed by atoms with van der Waals surface area (Å²) in [5.74, 6) is 0.207. The highest BCUT2D eigenvalue weighted by atomic mass is 16.5. The van der Waals surface area contributed by atoms with Crippen molar-refractivity contribution >= 4 is 17.5 Å². The number of fused-ring (bicyclic) bond motifs is 1. The zero-order valence-corrected chi connectivity index (χ0v) is 14.1. The van der Waals surface area contributed by atoms with Crippen LogP contribution >= 0.6 is 0 Å². The quantitative estimate of drug-likeness (QED) is 0.875. The maximum Gasteiger partial charge on any atom is 0.359 e. The van der Waals surface area contributed by atoms with Gasteiger partial charge in [-0.15, -0.1) is 0 Å². The van der Waals surface area contributed by atoms with Gasteiger partial charge in [-0.25, -0.2) is 9.78 Å². The number of hydrogen-bond acceptors (Lipinski definition) is 4. The van der Waals surface area contributed by atoms with Crippen molar-refractivity contribution in [2.75, 3.05) is 6.61 Å². The molecular formula is C18H23N3O3. The number of amides is 1. The van der Waals surface area contributed by atoms with Crippen LogP contribution in [0.4, 0.5) is 0 Å². The summed E-state index contributed by atoms with van der Waals surface area (Å²) >= 11 is 0. The molecule has 0 saturated heterocycles. The number of nitrogens with zero attached hydrogens (tertiary/aromatic N) is 2. The monoisotopic (exact) mass is 329 g/mol. The van der Waals surface area contributed by atoms with E-state index in [-0.39, 0.29) is 24.2 Å². The largest absolute Gasteiger partial charge is 0.451 e. The SMILES string of the molecule is C[C@@H]1[C@@H](C)CCC[C@H]1NC(=O)COC(=O)c1cn2ccccc2n1. The molecule has 3 atom stereocenters. The number of ether oxygens (including phenoxy) is 1. The van der Waals surface area contributed by atoms with Gasteiger partial charge in [0.1, 0.15) is 5.65 Å². The molecule has 6 nitrogen and oxygen atoms in total. The summed E-state index contributed by atoms with van der Waals surface area (Å²) in [6, 6.07) is 5.66. The molecule has 0 radical (unpaired) electrons. The van der Waals surface area contributed by atoms with Crippen LogP contribution in [0.2, 0.25) is 0 Å². The van der Waals surface area contributed by atoms with E-state index < -0.39 is 5.97 Å². The summed E-state index contributed by atoms with van der Waals surface area (Å²) in [5, 5.41) is 2.99. The van der Waals surface area contributed by atoms with Crippen LogP contribution in [0.1, 0.15) is 43.6 Å². The van der Waals surface area contributed by atoms with Crippen LogP contribution in [0.3, 0.4) is 0 Å². The standard InChI is InChI=1S/C18H23N3O3/c1-12-6-5-7-14(13(12)2)20-17(22)11-24-18(23)15-10-21-9-4-3-8-16(21)19-15/h3-4,8-10,12-14H,5-7,11H2,1-2H3,(H,20,22)/t12-,13+,14+/m0/s1. The predicted octanol–water partition coefficient (Wildman–Crippen LogP) is 2.43. The minimum absolute atomic E-state index is 0.162. The highest BCUT2D eigenvalue weighted by Gasteiger charge is 2.28. The van der Waals surface area contributed by atoms with Crippen molar-refractivity contribution in [1.29, 1.82) is 0 Å². The molecule has 2 aromatic heterocycles. The molecule has 2 aromatic rings. The van der Waals surface area contributed by atoms with Crippen molar-refractivity contribution in [2.24, 2.45) is 11.8 Å². The first-order valence-corrected chi connectivity index (χ1v) is 8.45. The molecule has 0 spiro atoms. The number of aromatic nitrogens is 2. The van der Waals surface area contributed by atoms with Gasteiger partial charge in [-0.2, -0.15) is 0 Å². The summed E-state index contributed by atoms with van der Waals surface area (Å²) in [6.45, 7) is 4.11. The van der Waals surface area contributed by atoms with E-state index in [0.29, 0.717) is 17.5 Å². The smallest absolute Gasteiger partial charge is 0.359 e. The molecule has 6 heteroatoms. The molecule has 1 aliphatic carbocycles. The first-order valence-electron chi connectivity index (χ1n) is 8.45. The summed E-state index contributed by atoms with van der Waals surface area (Å²) in [6.07, 6.45) is 6.71. The second-order valence-electron chi connectivity index (χ2n) is 6.61. The van der Waals surface area contributed by atoms with Crippen LogP contribution < -0.4 is 5.32 Å². The van der Waals surface area contributed by atoms with Crippen LogP contribution in [0, 0.1) is 11.8 Å². The Morgan fingerprint density at radius 2 is 2.17 bits per heavy atom. The number of hydrogen-bond donors (Lipinski definition) is 1. The Morgan fingerprint density at radius 3 is 2.96 bits per heavy atom. The Labute approximate surface area is 141 Å². The van der Waals surface area contributed by atoms with E-state index in [1.54, 1.807) is 22.9 Å². The fourth-order valence-corrected chi connectivity index (χ4v) is 3.27. The van der Waals surface area contributed by atoms with Gasteiger partial charge in [0.05, 0.1) is 0 Å². The van der Waals surface area contributed by atoms with E-state index in [0.717, 1.165) is 12.8 Å². The third-order valence-corrected chi connectivity index (χ3v) is 4.96. The van der Waals surface area contributed by atoms with Crippen molar-refractivity contribution in [3.8, 4) is 0 Å². The third kappa shape index (κ3) is 3.58. The van der Waals surface area contributed by atoms with Crippen molar-refractivity contribution in [3.63, 3.8) is 0 Å². The topological polar surface area (TPSA) is 72.7 Å². The Hall–Kier alpha value is -2.37. The number of esters is 1. The number of pyridine rings is 1. The zero-order valence-electron chi connectivity index (χ0n) is 14.1. The van der Waals surface area contributed by atoms with Crippen molar-refractivity contribution in [3.05, 3.63) is 36.3 Å². The molecule has 24 heavy (non-hydrogen) atoms. The van der Waals surface area contributed by atoms with Gasteiger partial charge in [-0.1, -0.05) is 32.8 Å². The van der Waals surface area contributed by atoms with Crippen molar-refractivity contribution in [2.45, 2.75) is 39.2 Å². The molecule has 1 saturated carbocycles. The number of carbonyl (C=O) groups excluding carboxylic acids is 2. The first-order chi connectivity index (χ1) is 11.5. The molecule has 0 aliphatic heterocycles. The lowest BCUT2D eigenvalue weighted by Crippen LogP contribution is -2.45. The normalized spacial score (nSPS) is 23.8. The van der Waals surface area contributed by atoms with Gasteiger partial charge in [0.15, 0.2) is 12.3 Å². The molecule has 1 aliphatic rings. The average molecular weight is 329 g/mol. The molecule has 0 aromatic carbocycles. The Bertz CT molecular complexity index is 707. The molecule has 2 heterocycles. The fraction of sp³-hybridized carbons (Fsp3) is 0.500. The van der Waals surface area contributed by atoms with Crippen LogP contribution in [-0.2, 0) is 9.53 Å². The Kier molecular flexibility index (Phi) is 4.83. The average Bonchev–Trinajstić information content (AvgIpc) is 3.01. The minimum Gasteiger partial charge on any atom is -0.451 e. The molecule has 3 rings (SSSR count). The fourth-order valence-electron chi connectivity index (χ4n) is 3.27.